The van der Waals surface area contributed by atoms with Gasteiger partial charge in [-0.1, -0.05) is 19.1 Å². The van der Waals surface area contributed by atoms with Crippen LogP contribution in [0.25, 0.3) is 0 Å². The van der Waals surface area contributed by atoms with Crippen molar-refractivity contribution in [3.8, 4) is 5.75 Å². The third kappa shape index (κ3) is 3.79. The zero-order valence-electron chi connectivity index (χ0n) is 17.7. The largest absolute Gasteiger partial charge is 0.484 e. The number of carbonyl (C=O) groups is 2. The van der Waals surface area contributed by atoms with Gasteiger partial charge in [0.25, 0.3) is 5.91 Å². The normalized spacial score (nSPS) is 20.0. The Morgan fingerprint density at radius 2 is 1.79 bits per heavy atom. The smallest absolute Gasteiger partial charge is 0.257 e. The lowest BCUT2D eigenvalue weighted by Crippen LogP contribution is -2.55. The summed E-state index contributed by atoms with van der Waals surface area (Å²) in [6, 6.07) is 13.5. The number of rotatable bonds is 4. The predicted molar refractivity (Wildman–Crippen MR) is 115 cm³/mol. The summed E-state index contributed by atoms with van der Waals surface area (Å²) in [4.78, 5) is 25.7. The lowest BCUT2D eigenvalue weighted by atomic mass is 9.65. The molecule has 1 atom stereocenters. The molecule has 1 aliphatic heterocycles. The highest BCUT2D eigenvalue weighted by molar-refractivity contribution is 5.95. The van der Waals surface area contributed by atoms with Gasteiger partial charge in [-0.15, -0.1) is 0 Å². The van der Waals surface area contributed by atoms with E-state index in [1.165, 1.54) is 0 Å². The molecule has 0 aromatic heterocycles. The van der Waals surface area contributed by atoms with Crippen LogP contribution in [0.2, 0.25) is 0 Å². The second kappa shape index (κ2) is 7.43. The molecule has 1 unspecified atom stereocenters. The minimum Gasteiger partial charge on any atom is -0.484 e. The van der Waals surface area contributed by atoms with Crippen LogP contribution in [-0.4, -0.2) is 31.0 Å². The second-order valence-electron chi connectivity index (χ2n) is 8.44. The molecule has 0 spiro atoms. The molecular weight excluding hydrogens is 366 g/mol. The molecule has 2 aromatic rings. The van der Waals surface area contributed by atoms with E-state index < -0.39 is 0 Å². The summed E-state index contributed by atoms with van der Waals surface area (Å²) in [5, 5.41) is 2.53. The maximum atomic E-state index is 12.5. The van der Waals surface area contributed by atoms with Crippen LogP contribution in [0.15, 0.2) is 42.5 Å². The van der Waals surface area contributed by atoms with Gasteiger partial charge < -0.3 is 20.7 Å². The molecular formula is C23H29N3O3. The molecule has 0 saturated carbocycles. The van der Waals surface area contributed by atoms with Crippen LogP contribution in [0.1, 0.15) is 45.2 Å². The highest BCUT2D eigenvalue weighted by Gasteiger charge is 2.47. The van der Waals surface area contributed by atoms with Gasteiger partial charge in [0, 0.05) is 36.3 Å². The Kier molecular flexibility index (Phi) is 5.30. The lowest BCUT2D eigenvalue weighted by molar-refractivity contribution is -0.122. The summed E-state index contributed by atoms with van der Waals surface area (Å²) in [6.07, 6.45) is 0.745. The Morgan fingerprint density at radius 1 is 1.14 bits per heavy atom. The van der Waals surface area contributed by atoms with E-state index in [1.807, 2.05) is 47.4 Å². The van der Waals surface area contributed by atoms with Crippen molar-refractivity contribution in [2.24, 2.45) is 0 Å². The number of nitrogens with two attached hydrogens (primary N) is 1. The van der Waals surface area contributed by atoms with Gasteiger partial charge in [0.05, 0.1) is 0 Å². The Bertz CT molecular complexity index is 937. The Labute approximate surface area is 172 Å². The maximum absolute atomic E-state index is 12.5. The van der Waals surface area contributed by atoms with Crippen LogP contribution in [0.3, 0.4) is 0 Å². The Balaban J connectivity index is 2.04. The number of carbonyl (C=O) groups excluding carboxylic acids is 2. The van der Waals surface area contributed by atoms with E-state index in [-0.39, 0.29) is 29.4 Å². The van der Waals surface area contributed by atoms with Crippen molar-refractivity contribution >= 4 is 23.2 Å². The molecule has 6 nitrogen and oxygen atoms in total. The third-order valence-electron chi connectivity index (χ3n) is 5.70. The van der Waals surface area contributed by atoms with Gasteiger partial charge in [-0.25, -0.2) is 0 Å². The van der Waals surface area contributed by atoms with Crippen LogP contribution in [-0.2, 0) is 15.0 Å². The second-order valence-corrected chi connectivity index (χ2v) is 8.44. The minimum atomic E-state index is -0.363. The molecule has 154 valence electrons. The fourth-order valence-electron chi connectivity index (χ4n) is 4.55. The first-order valence-electron chi connectivity index (χ1n) is 9.73. The molecule has 0 fully saturated rings. The predicted octanol–water partition coefficient (Wildman–Crippen LogP) is 3.23. The summed E-state index contributed by atoms with van der Waals surface area (Å²) in [5.41, 5.74) is 9.12. The van der Waals surface area contributed by atoms with Crippen molar-refractivity contribution in [3.63, 3.8) is 0 Å². The van der Waals surface area contributed by atoms with E-state index in [2.05, 4.69) is 26.1 Å². The summed E-state index contributed by atoms with van der Waals surface area (Å²) in [5.74, 6) is 0.471. The standard InChI is InChI=1S/C23H29N3O3/c1-15(27)26-20-11-8-17(24)12-19(20)23(4,14-22(26,2)3)16-6-9-18(10-7-16)29-13-21(28)25-5/h6-12H,13-14,24H2,1-5H3,(H,25,28). The van der Waals surface area contributed by atoms with Gasteiger partial charge in [0.1, 0.15) is 5.75 Å². The van der Waals surface area contributed by atoms with Crippen molar-refractivity contribution in [1.29, 1.82) is 0 Å². The number of nitrogen functional groups attached to an aromatic ring is 1. The molecule has 6 heteroatoms. The summed E-state index contributed by atoms with van der Waals surface area (Å²) < 4.78 is 5.53. The van der Waals surface area contributed by atoms with Gasteiger partial charge >= 0.3 is 0 Å². The number of hydrogen-bond donors (Lipinski definition) is 2. The number of anilines is 2. The van der Waals surface area contributed by atoms with Crippen LogP contribution in [0.4, 0.5) is 11.4 Å². The molecule has 3 N–H and O–H groups in total. The summed E-state index contributed by atoms with van der Waals surface area (Å²) in [6.45, 7) is 7.95. The highest BCUT2D eigenvalue weighted by Crippen LogP contribution is 2.51. The van der Waals surface area contributed by atoms with E-state index in [1.54, 1.807) is 14.0 Å². The quantitative estimate of drug-likeness (QED) is 0.779. The minimum absolute atomic E-state index is 0.0148. The first-order valence-corrected chi connectivity index (χ1v) is 9.73. The van der Waals surface area contributed by atoms with Crippen molar-refractivity contribution in [3.05, 3.63) is 53.6 Å². The fraction of sp³-hybridized carbons (Fsp3) is 0.391. The highest BCUT2D eigenvalue weighted by atomic mass is 16.5. The first-order chi connectivity index (χ1) is 13.6. The van der Waals surface area contributed by atoms with Crippen LogP contribution in [0, 0.1) is 0 Å². The van der Waals surface area contributed by atoms with Crippen molar-refractivity contribution in [1.82, 2.24) is 5.32 Å². The lowest BCUT2D eigenvalue weighted by Gasteiger charge is -2.51. The van der Waals surface area contributed by atoms with E-state index in [4.69, 9.17) is 10.5 Å². The summed E-state index contributed by atoms with van der Waals surface area (Å²) >= 11 is 0. The number of amides is 2. The third-order valence-corrected chi connectivity index (χ3v) is 5.70. The van der Waals surface area contributed by atoms with Gasteiger partial charge in [0.2, 0.25) is 5.91 Å². The monoisotopic (exact) mass is 395 g/mol. The van der Waals surface area contributed by atoms with Crippen LogP contribution < -0.4 is 20.7 Å². The molecule has 2 amide bonds. The number of likely N-dealkylation sites (N-methyl/N-ethyl adjacent to an activating group) is 1. The van der Waals surface area contributed by atoms with E-state index in [9.17, 15) is 9.59 Å². The molecule has 29 heavy (non-hydrogen) atoms. The molecule has 0 saturated heterocycles. The molecule has 2 aromatic carbocycles. The Hall–Kier alpha value is -3.02. The van der Waals surface area contributed by atoms with E-state index in [0.717, 1.165) is 23.2 Å². The topological polar surface area (TPSA) is 84.7 Å². The zero-order chi connectivity index (χ0) is 21.4. The number of hydrogen-bond acceptors (Lipinski definition) is 4. The number of ether oxygens (including phenoxy) is 1. The van der Waals surface area contributed by atoms with Gasteiger partial charge in [-0.2, -0.15) is 0 Å². The molecule has 1 heterocycles. The summed E-state index contributed by atoms with van der Waals surface area (Å²) in [7, 11) is 1.58. The van der Waals surface area contributed by atoms with Crippen molar-refractivity contribution in [2.45, 2.75) is 45.1 Å². The van der Waals surface area contributed by atoms with E-state index >= 15 is 0 Å². The Morgan fingerprint density at radius 3 is 2.38 bits per heavy atom. The molecule has 3 rings (SSSR count). The molecule has 0 bridgehead atoms. The average Bonchev–Trinajstić information content (AvgIpc) is 2.66. The van der Waals surface area contributed by atoms with E-state index in [0.29, 0.717) is 11.4 Å². The number of nitrogens with one attached hydrogen (secondary N) is 1. The van der Waals surface area contributed by atoms with Gasteiger partial charge in [0.15, 0.2) is 6.61 Å². The fourth-order valence-corrected chi connectivity index (χ4v) is 4.55. The average molecular weight is 396 g/mol. The van der Waals surface area contributed by atoms with Gasteiger partial charge in [-0.05, 0) is 61.7 Å². The number of fused-ring (bicyclic) bond motifs is 1. The van der Waals surface area contributed by atoms with Crippen molar-refractivity contribution in [2.75, 3.05) is 24.3 Å². The zero-order valence-corrected chi connectivity index (χ0v) is 17.7. The first kappa shape index (κ1) is 20.7. The number of nitrogens with zero attached hydrogens (tertiary/aromatic N) is 1. The SMILES string of the molecule is CNC(=O)COc1ccc(C2(C)CC(C)(C)N(C(C)=O)c3ccc(N)cc32)cc1. The van der Waals surface area contributed by atoms with Crippen molar-refractivity contribution < 1.29 is 14.3 Å². The molecule has 0 radical (unpaired) electrons. The molecule has 0 aliphatic carbocycles. The maximum Gasteiger partial charge on any atom is 0.257 e. The molecule has 1 aliphatic rings. The van der Waals surface area contributed by atoms with Crippen LogP contribution in [0.5, 0.6) is 5.75 Å². The number of benzene rings is 2. The van der Waals surface area contributed by atoms with Crippen LogP contribution >= 0.6 is 0 Å². The van der Waals surface area contributed by atoms with Gasteiger partial charge in [-0.3, -0.25) is 9.59 Å².